The van der Waals surface area contributed by atoms with Crippen molar-refractivity contribution in [1.82, 2.24) is 4.90 Å². The van der Waals surface area contributed by atoms with E-state index in [4.69, 9.17) is 10.5 Å². The molecule has 0 bridgehead atoms. The van der Waals surface area contributed by atoms with Crippen molar-refractivity contribution in [1.29, 1.82) is 0 Å². The lowest BCUT2D eigenvalue weighted by molar-refractivity contribution is 0.0102. The van der Waals surface area contributed by atoms with Crippen molar-refractivity contribution >= 4 is 39.7 Å². The fourth-order valence-electron chi connectivity index (χ4n) is 2.39. The molecule has 1 fully saturated rings. The molecule has 1 aliphatic rings. The Kier molecular flexibility index (Phi) is 7.13. The first-order valence-electron chi connectivity index (χ1n) is 5.92. The van der Waals surface area contributed by atoms with Crippen LogP contribution < -0.4 is 5.73 Å². The van der Waals surface area contributed by atoms with Crippen LogP contribution in [0, 0.1) is 0 Å². The summed E-state index contributed by atoms with van der Waals surface area (Å²) in [5.74, 6) is 0. The molecule has 0 amide bonds. The number of piperidine rings is 1. The first-order chi connectivity index (χ1) is 8.22. The third-order valence-corrected chi connectivity index (χ3v) is 4.96. The van der Waals surface area contributed by atoms with Crippen LogP contribution in [0.15, 0.2) is 15.2 Å². The van der Waals surface area contributed by atoms with Crippen LogP contribution in [0.5, 0.6) is 0 Å². The molecule has 2 rings (SSSR count). The van der Waals surface area contributed by atoms with E-state index in [2.05, 4.69) is 32.3 Å². The number of thiophene rings is 1. The third kappa shape index (κ3) is 4.18. The molecule has 2 heterocycles. The monoisotopic (exact) mass is 354 g/mol. The van der Waals surface area contributed by atoms with Gasteiger partial charge in [0.05, 0.1) is 9.89 Å². The highest BCUT2D eigenvalue weighted by molar-refractivity contribution is 9.11. The summed E-state index contributed by atoms with van der Waals surface area (Å²) in [5, 5.41) is 2.21. The van der Waals surface area contributed by atoms with Crippen molar-refractivity contribution in [3.05, 3.63) is 20.8 Å². The Balaban J connectivity index is 0.00000162. The first-order valence-corrected chi connectivity index (χ1v) is 7.60. The zero-order valence-electron chi connectivity index (χ0n) is 10.5. The van der Waals surface area contributed by atoms with Gasteiger partial charge >= 0.3 is 0 Å². The van der Waals surface area contributed by atoms with E-state index in [-0.39, 0.29) is 12.4 Å². The van der Waals surface area contributed by atoms with Gasteiger partial charge in [0, 0.05) is 32.8 Å². The summed E-state index contributed by atoms with van der Waals surface area (Å²) >= 11 is 5.25. The summed E-state index contributed by atoms with van der Waals surface area (Å²) in [6, 6.07) is 2.65. The zero-order chi connectivity index (χ0) is 12.3. The Morgan fingerprint density at radius 2 is 2.39 bits per heavy atom. The summed E-state index contributed by atoms with van der Waals surface area (Å²) in [7, 11) is 1.80. The highest BCUT2D eigenvalue weighted by Gasteiger charge is 2.27. The van der Waals surface area contributed by atoms with Crippen molar-refractivity contribution in [3.63, 3.8) is 0 Å². The van der Waals surface area contributed by atoms with Crippen molar-refractivity contribution in [2.24, 2.45) is 5.73 Å². The lowest BCUT2D eigenvalue weighted by Gasteiger charge is -2.38. The van der Waals surface area contributed by atoms with Crippen LogP contribution in [0.3, 0.4) is 0 Å². The second kappa shape index (κ2) is 7.82. The maximum atomic E-state index is 5.87. The number of ether oxygens (including phenoxy) is 1. The third-order valence-electron chi connectivity index (χ3n) is 3.40. The molecule has 1 aromatic heterocycles. The standard InChI is InChI=1S/C12H19BrN2OS.ClH/c1-16-11-2-3-15(10(5-11)6-14)7-9-4-12(13)17-8-9;/h4,8,10-11H,2-3,5-7,14H2,1H3;1H. The Morgan fingerprint density at radius 1 is 1.61 bits per heavy atom. The van der Waals surface area contributed by atoms with Gasteiger partial charge in [-0.25, -0.2) is 0 Å². The molecule has 6 heteroatoms. The summed E-state index contributed by atoms with van der Waals surface area (Å²) < 4.78 is 6.64. The topological polar surface area (TPSA) is 38.5 Å². The van der Waals surface area contributed by atoms with E-state index >= 15 is 0 Å². The van der Waals surface area contributed by atoms with Crippen LogP contribution in [-0.2, 0) is 11.3 Å². The summed E-state index contributed by atoms with van der Waals surface area (Å²) in [5.41, 5.74) is 7.24. The van der Waals surface area contributed by atoms with Crippen LogP contribution in [0.25, 0.3) is 0 Å². The minimum Gasteiger partial charge on any atom is -0.381 e. The van der Waals surface area contributed by atoms with E-state index in [1.807, 2.05) is 0 Å². The average Bonchev–Trinajstić information content (AvgIpc) is 2.75. The van der Waals surface area contributed by atoms with Crippen molar-refractivity contribution in [2.45, 2.75) is 31.5 Å². The highest BCUT2D eigenvalue weighted by Crippen LogP contribution is 2.25. The van der Waals surface area contributed by atoms with Crippen LogP contribution in [-0.4, -0.2) is 37.2 Å². The molecule has 3 nitrogen and oxygen atoms in total. The second-order valence-electron chi connectivity index (χ2n) is 4.50. The number of nitrogens with zero attached hydrogens (tertiary/aromatic N) is 1. The molecule has 1 aliphatic heterocycles. The van der Waals surface area contributed by atoms with Gasteiger partial charge in [0.15, 0.2) is 0 Å². The Labute approximate surface area is 127 Å². The van der Waals surface area contributed by atoms with Gasteiger partial charge in [0.25, 0.3) is 0 Å². The molecule has 1 saturated heterocycles. The molecule has 104 valence electrons. The molecule has 0 spiro atoms. The lowest BCUT2D eigenvalue weighted by atomic mass is 9.99. The average molecular weight is 356 g/mol. The number of halogens is 2. The summed E-state index contributed by atoms with van der Waals surface area (Å²) in [4.78, 5) is 2.48. The molecule has 18 heavy (non-hydrogen) atoms. The Hall–Kier alpha value is 0.350. The predicted molar refractivity (Wildman–Crippen MR) is 82.6 cm³/mol. The van der Waals surface area contributed by atoms with Crippen molar-refractivity contribution < 1.29 is 4.74 Å². The summed E-state index contributed by atoms with van der Waals surface area (Å²) in [6.07, 6.45) is 2.55. The molecule has 2 atom stereocenters. The van der Waals surface area contributed by atoms with Crippen LogP contribution in [0.4, 0.5) is 0 Å². The van der Waals surface area contributed by atoms with Gasteiger partial charge < -0.3 is 10.5 Å². The normalized spacial score (nSPS) is 24.8. The van der Waals surface area contributed by atoms with Gasteiger partial charge in [0.2, 0.25) is 0 Å². The van der Waals surface area contributed by atoms with Gasteiger partial charge in [-0.2, -0.15) is 0 Å². The molecule has 0 radical (unpaired) electrons. The quantitative estimate of drug-likeness (QED) is 0.902. The molecule has 0 aromatic carbocycles. The number of rotatable bonds is 4. The van der Waals surface area contributed by atoms with Crippen molar-refractivity contribution in [3.8, 4) is 0 Å². The number of methoxy groups -OCH3 is 1. The highest BCUT2D eigenvalue weighted by atomic mass is 79.9. The van der Waals surface area contributed by atoms with Crippen LogP contribution >= 0.6 is 39.7 Å². The fourth-order valence-corrected chi connectivity index (χ4v) is 3.59. The van der Waals surface area contributed by atoms with E-state index in [9.17, 15) is 0 Å². The summed E-state index contributed by atoms with van der Waals surface area (Å²) in [6.45, 7) is 2.79. The van der Waals surface area contributed by atoms with Crippen molar-refractivity contribution in [2.75, 3.05) is 20.2 Å². The molecule has 0 saturated carbocycles. The van der Waals surface area contributed by atoms with Gasteiger partial charge in [-0.05, 0) is 45.8 Å². The Bertz CT molecular complexity index is 364. The lowest BCUT2D eigenvalue weighted by Crippen LogP contribution is -2.47. The number of nitrogens with two attached hydrogens (primary N) is 1. The van der Waals surface area contributed by atoms with E-state index in [0.29, 0.717) is 18.7 Å². The molecular formula is C12H20BrClN2OS. The zero-order valence-corrected chi connectivity index (χ0v) is 13.7. The van der Waals surface area contributed by atoms with E-state index in [1.54, 1.807) is 18.4 Å². The largest absolute Gasteiger partial charge is 0.381 e. The van der Waals surface area contributed by atoms with Crippen LogP contribution in [0.2, 0.25) is 0 Å². The molecule has 2 N–H and O–H groups in total. The maximum absolute atomic E-state index is 5.87. The molecule has 0 aliphatic carbocycles. The van der Waals surface area contributed by atoms with Gasteiger partial charge in [-0.3, -0.25) is 4.90 Å². The van der Waals surface area contributed by atoms with E-state index in [1.165, 1.54) is 9.35 Å². The Morgan fingerprint density at radius 3 is 2.94 bits per heavy atom. The smallest absolute Gasteiger partial charge is 0.0701 e. The minimum atomic E-state index is 0. The maximum Gasteiger partial charge on any atom is 0.0701 e. The van der Waals surface area contributed by atoms with E-state index < -0.39 is 0 Å². The number of hydrogen-bond acceptors (Lipinski definition) is 4. The van der Waals surface area contributed by atoms with Crippen LogP contribution in [0.1, 0.15) is 18.4 Å². The molecule has 2 unspecified atom stereocenters. The SMILES string of the molecule is COC1CCN(Cc2csc(Br)c2)C(CN)C1.Cl. The van der Waals surface area contributed by atoms with E-state index in [0.717, 1.165) is 25.9 Å². The molecular weight excluding hydrogens is 336 g/mol. The van der Waals surface area contributed by atoms with Gasteiger partial charge in [0.1, 0.15) is 0 Å². The second-order valence-corrected chi connectivity index (χ2v) is 6.79. The van der Waals surface area contributed by atoms with Gasteiger partial charge in [-0.15, -0.1) is 23.7 Å². The first kappa shape index (κ1) is 16.4. The fraction of sp³-hybridized carbons (Fsp3) is 0.667. The molecule has 1 aromatic rings. The number of hydrogen-bond donors (Lipinski definition) is 1. The minimum absolute atomic E-state index is 0. The van der Waals surface area contributed by atoms with Gasteiger partial charge in [-0.1, -0.05) is 0 Å². The predicted octanol–water partition coefficient (Wildman–Crippen LogP) is 2.87. The number of likely N-dealkylation sites (tertiary alicyclic amines) is 1.